The van der Waals surface area contributed by atoms with Crippen LogP contribution in [0.4, 0.5) is 10.5 Å². The van der Waals surface area contributed by atoms with E-state index in [1.165, 1.54) is 0 Å². The van der Waals surface area contributed by atoms with Crippen molar-refractivity contribution < 1.29 is 4.79 Å². The predicted octanol–water partition coefficient (Wildman–Crippen LogP) is 4.95. The van der Waals surface area contributed by atoms with E-state index in [9.17, 15) is 4.79 Å². The Labute approximate surface area is 133 Å². The predicted molar refractivity (Wildman–Crippen MR) is 90.6 cm³/mol. The maximum Gasteiger partial charge on any atom is 0.319 e. The molecule has 1 unspecified atom stereocenters. The maximum atomic E-state index is 12.2. The smallest absolute Gasteiger partial charge is 0.319 e. The van der Waals surface area contributed by atoms with Crippen molar-refractivity contribution in [3.63, 3.8) is 0 Å². The first-order valence-electron chi connectivity index (χ1n) is 6.86. The highest BCUT2D eigenvalue weighted by Crippen LogP contribution is 2.25. The van der Waals surface area contributed by atoms with Crippen LogP contribution in [-0.4, -0.2) is 6.03 Å². The molecular weight excluding hydrogens is 328 g/mol. The van der Waals surface area contributed by atoms with Crippen molar-refractivity contribution in [2.75, 3.05) is 5.32 Å². The van der Waals surface area contributed by atoms with Gasteiger partial charge >= 0.3 is 6.03 Å². The number of rotatable bonds is 3. The molecule has 2 aromatic carbocycles. The zero-order valence-electron chi connectivity index (χ0n) is 12.4. The van der Waals surface area contributed by atoms with Crippen LogP contribution in [0.2, 0.25) is 0 Å². The average Bonchev–Trinajstić information content (AvgIpc) is 2.43. The Morgan fingerprint density at radius 2 is 1.67 bits per heavy atom. The molecular formula is C17H19BrN2O. The number of carbonyl (C=O) groups is 1. The first-order valence-corrected chi connectivity index (χ1v) is 7.66. The first-order chi connectivity index (χ1) is 9.97. The molecule has 0 saturated carbocycles. The first kappa shape index (κ1) is 15.6. The standard InChI is InChI=1S/C17H19BrN2O/c1-11-9-15(18)10-12(2)16(11)20-17(21)19-13(3)14-7-5-4-6-8-14/h4-10,13H,1-3H3,(H2,19,20,21). The van der Waals surface area contributed by atoms with E-state index in [2.05, 4.69) is 26.6 Å². The fourth-order valence-electron chi connectivity index (χ4n) is 2.28. The summed E-state index contributed by atoms with van der Waals surface area (Å²) < 4.78 is 1.01. The molecule has 21 heavy (non-hydrogen) atoms. The summed E-state index contributed by atoms with van der Waals surface area (Å²) in [5, 5.41) is 5.89. The van der Waals surface area contributed by atoms with E-state index in [0.717, 1.165) is 26.9 Å². The lowest BCUT2D eigenvalue weighted by Crippen LogP contribution is -2.31. The third-order valence-corrected chi connectivity index (χ3v) is 3.84. The number of anilines is 1. The van der Waals surface area contributed by atoms with E-state index >= 15 is 0 Å². The number of hydrogen-bond donors (Lipinski definition) is 2. The number of nitrogens with one attached hydrogen (secondary N) is 2. The number of hydrogen-bond acceptors (Lipinski definition) is 1. The molecule has 3 nitrogen and oxygen atoms in total. The van der Waals surface area contributed by atoms with Crippen molar-refractivity contribution in [3.05, 3.63) is 63.6 Å². The van der Waals surface area contributed by atoms with Gasteiger partial charge in [0.1, 0.15) is 0 Å². The second-order valence-corrected chi connectivity index (χ2v) is 6.06. The fourth-order valence-corrected chi connectivity index (χ4v) is 2.97. The number of amides is 2. The van der Waals surface area contributed by atoms with Gasteiger partial charge in [-0.1, -0.05) is 46.3 Å². The molecule has 0 aliphatic rings. The summed E-state index contributed by atoms with van der Waals surface area (Å²) in [7, 11) is 0. The maximum absolute atomic E-state index is 12.2. The minimum atomic E-state index is -0.195. The van der Waals surface area contributed by atoms with E-state index in [1.807, 2.05) is 63.2 Å². The summed E-state index contributed by atoms with van der Waals surface area (Å²) in [6, 6.07) is 13.6. The summed E-state index contributed by atoms with van der Waals surface area (Å²) >= 11 is 3.46. The normalized spacial score (nSPS) is 11.8. The van der Waals surface area contributed by atoms with Crippen LogP contribution >= 0.6 is 15.9 Å². The van der Waals surface area contributed by atoms with Crippen LogP contribution in [0.1, 0.15) is 29.7 Å². The molecule has 0 fully saturated rings. The van der Waals surface area contributed by atoms with Gasteiger partial charge in [-0.2, -0.15) is 0 Å². The zero-order chi connectivity index (χ0) is 15.4. The highest BCUT2D eigenvalue weighted by atomic mass is 79.9. The van der Waals surface area contributed by atoms with Crippen molar-refractivity contribution in [1.82, 2.24) is 5.32 Å². The molecule has 0 aromatic heterocycles. The molecule has 2 amide bonds. The van der Waals surface area contributed by atoms with Gasteiger partial charge in [0.05, 0.1) is 6.04 Å². The minimum absolute atomic E-state index is 0.0396. The molecule has 0 spiro atoms. The Bertz CT molecular complexity index is 617. The van der Waals surface area contributed by atoms with Gasteiger partial charge in [0, 0.05) is 10.2 Å². The Morgan fingerprint density at radius 1 is 1.10 bits per heavy atom. The molecule has 1 atom stereocenters. The van der Waals surface area contributed by atoms with Gasteiger partial charge in [-0.25, -0.2) is 4.79 Å². The summed E-state index contributed by atoms with van der Waals surface area (Å²) in [6.07, 6.45) is 0. The molecule has 0 bridgehead atoms. The molecule has 4 heteroatoms. The van der Waals surface area contributed by atoms with Crippen molar-refractivity contribution in [3.8, 4) is 0 Å². The van der Waals surface area contributed by atoms with E-state index in [0.29, 0.717) is 0 Å². The average molecular weight is 347 g/mol. The van der Waals surface area contributed by atoms with Gasteiger partial charge in [0.2, 0.25) is 0 Å². The Balaban J connectivity index is 2.06. The van der Waals surface area contributed by atoms with Crippen LogP contribution in [0.15, 0.2) is 46.9 Å². The third kappa shape index (κ3) is 4.08. The third-order valence-electron chi connectivity index (χ3n) is 3.38. The van der Waals surface area contributed by atoms with Crippen LogP contribution < -0.4 is 10.6 Å². The zero-order valence-corrected chi connectivity index (χ0v) is 14.0. The van der Waals surface area contributed by atoms with Gasteiger partial charge in [0.25, 0.3) is 0 Å². The lowest BCUT2D eigenvalue weighted by Gasteiger charge is -2.17. The molecule has 0 aliphatic heterocycles. The van der Waals surface area contributed by atoms with Gasteiger partial charge in [0.15, 0.2) is 0 Å². The van der Waals surface area contributed by atoms with Gasteiger partial charge < -0.3 is 10.6 Å². The molecule has 110 valence electrons. The number of halogens is 1. The molecule has 0 aliphatic carbocycles. The topological polar surface area (TPSA) is 41.1 Å². The summed E-state index contributed by atoms with van der Waals surface area (Å²) in [5.74, 6) is 0. The summed E-state index contributed by atoms with van der Waals surface area (Å²) in [4.78, 5) is 12.2. The van der Waals surface area contributed by atoms with E-state index < -0.39 is 0 Å². The largest absolute Gasteiger partial charge is 0.331 e. The summed E-state index contributed by atoms with van der Waals surface area (Å²) in [6.45, 7) is 5.93. The lowest BCUT2D eigenvalue weighted by atomic mass is 10.1. The van der Waals surface area contributed by atoms with E-state index in [4.69, 9.17) is 0 Å². The Hall–Kier alpha value is -1.81. The fraction of sp³-hybridized carbons (Fsp3) is 0.235. The summed E-state index contributed by atoms with van der Waals surface area (Å²) in [5.41, 5.74) is 4.00. The van der Waals surface area contributed by atoms with Crippen LogP contribution in [0, 0.1) is 13.8 Å². The van der Waals surface area contributed by atoms with E-state index in [1.54, 1.807) is 0 Å². The molecule has 2 N–H and O–H groups in total. The van der Waals surface area contributed by atoms with Gasteiger partial charge in [-0.05, 0) is 49.6 Å². The number of carbonyl (C=O) groups excluding carboxylic acids is 1. The second-order valence-electron chi connectivity index (χ2n) is 5.15. The number of urea groups is 1. The SMILES string of the molecule is Cc1cc(Br)cc(C)c1NC(=O)NC(C)c1ccccc1. The highest BCUT2D eigenvalue weighted by molar-refractivity contribution is 9.10. The lowest BCUT2D eigenvalue weighted by molar-refractivity contribution is 0.249. The van der Waals surface area contributed by atoms with Gasteiger partial charge in [-0.15, -0.1) is 0 Å². The second kappa shape index (κ2) is 6.76. The molecule has 0 saturated heterocycles. The Kier molecular flexibility index (Phi) is 5.02. The van der Waals surface area contributed by atoms with Crippen molar-refractivity contribution >= 4 is 27.6 Å². The van der Waals surface area contributed by atoms with Crippen LogP contribution in [-0.2, 0) is 0 Å². The molecule has 0 heterocycles. The van der Waals surface area contributed by atoms with Crippen molar-refractivity contribution in [2.45, 2.75) is 26.8 Å². The van der Waals surface area contributed by atoms with Crippen molar-refractivity contribution in [1.29, 1.82) is 0 Å². The number of benzene rings is 2. The molecule has 0 radical (unpaired) electrons. The minimum Gasteiger partial charge on any atom is -0.331 e. The van der Waals surface area contributed by atoms with Crippen molar-refractivity contribution in [2.24, 2.45) is 0 Å². The van der Waals surface area contributed by atoms with E-state index in [-0.39, 0.29) is 12.1 Å². The Morgan fingerprint density at radius 3 is 2.24 bits per heavy atom. The molecule has 2 aromatic rings. The quantitative estimate of drug-likeness (QED) is 0.811. The molecule has 2 rings (SSSR count). The van der Waals surface area contributed by atoms with Crippen LogP contribution in [0.3, 0.4) is 0 Å². The monoisotopic (exact) mass is 346 g/mol. The van der Waals surface area contributed by atoms with Gasteiger partial charge in [-0.3, -0.25) is 0 Å². The van der Waals surface area contributed by atoms with Crippen LogP contribution in [0.5, 0.6) is 0 Å². The van der Waals surface area contributed by atoms with Crippen LogP contribution in [0.25, 0.3) is 0 Å². The number of aryl methyl sites for hydroxylation is 2. The highest BCUT2D eigenvalue weighted by Gasteiger charge is 2.11.